The number of ketones is 1. The van der Waals surface area contributed by atoms with Gasteiger partial charge in [-0.2, -0.15) is 0 Å². The van der Waals surface area contributed by atoms with Crippen molar-refractivity contribution in [3.05, 3.63) is 35.9 Å². The third-order valence-corrected chi connectivity index (χ3v) is 59.4. The monoisotopic (exact) mass is 389 g/mol. The van der Waals surface area contributed by atoms with Gasteiger partial charge in [0, 0.05) is 0 Å². The number of Topliss-reactive ketones (excluding diaryl/α,β-unsaturated/α-hetero) is 1. The van der Waals surface area contributed by atoms with Gasteiger partial charge in [0.25, 0.3) is 0 Å². The maximum atomic E-state index is 13.4. The zero-order chi connectivity index (χ0) is 17.3. The van der Waals surface area contributed by atoms with E-state index in [1.807, 2.05) is 0 Å². The fourth-order valence-electron chi connectivity index (χ4n) is 18.4. The second-order valence-electron chi connectivity index (χ2n) is 12.9. The van der Waals surface area contributed by atoms with Crippen molar-refractivity contribution in [3.63, 3.8) is 0 Å². The number of phenols is 1. The van der Waals surface area contributed by atoms with Crippen molar-refractivity contribution in [2.45, 2.75) is 54.6 Å². The Balaban J connectivity index is 1.10. The standard InChI is InChI=1S/C16H14NO3.C5H5.Fe/c1-10(12-5-3-4-6-12)16(20)14-8-7-13(9-15(14)19)17-11(2)18;1-2-4-5-3-1;/h3-9,19H,1H2,2H3,(H,17,18);1-5H;. The number of carbonyl (C=O) groups excluding carboxylic acids is 2. The van der Waals surface area contributed by atoms with Crippen LogP contribution in [-0.4, -0.2) is 16.8 Å². The Morgan fingerprint density at radius 3 is 2.04 bits per heavy atom. The van der Waals surface area contributed by atoms with Crippen LogP contribution in [-0.2, 0) is 11.3 Å². The molecule has 1 aromatic carbocycles. The summed E-state index contributed by atoms with van der Waals surface area (Å²) in [5.74, 6) is -0.231. The molecule has 10 aliphatic rings. The Morgan fingerprint density at radius 1 is 1.08 bits per heavy atom. The first-order chi connectivity index (χ1) is 12.2. The quantitative estimate of drug-likeness (QED) is 0.440. The van der Waals surface area contributed by atoms with Crippen LogP contribution in [0.3, 0.4) is 0 Å². The second-order valence-corrected chi connectivity index (χ2v) is 36.5. The fourth-order valence-corrected chi connectivity index (χ4v) is 92.6. The van der Waals surface area contributed by atoms with Gasteiger partial charge in [-0.3, -0.25) is 0 Å². The van der Waals surface area contributed by atoms with Gasteiger partial charge in [0.1, 0.15) is 0 Å². The molecule has 0 aromatic heterocycles. The molecule has 4 nitrogen and oxygen atoms in total. The predicted octanol–water partition coefficient (Wildman–Crippen LogP) is 4.85. The Morgan fingerprint density at radius 2 is 1.65 bits per heavy atom. The SMILES string of the molecule is C=C(C(=O)c1ccc(NC(C)=O)cc1O)[C]12[CH]3[CH]4[CH]5[CH]1[Fe]45321678[CH]2[CH]1[CH]6[CH]7[CH]28. The Hall–Kier alpha value is -1.58. The molecule has 1 aromatic rings. The van der Waals surface area contributed by atoms with Crippen LogP contribution in [0.4, 0.5) is 5.69 Å². The summed E-state index contributed by atoms with van der Waals surface area (Å²) in [6.45, 7) is 2.48. The summed E-state index contributed by atoms with van der Waals surface area (Å²) in [6.07, 6.45) is 0. The summed E-state index contributed by atoms with van der Waals surface area (Å²) >= 11 is 0. The molecule has 26 heavy (non-hydrogen) atoms. The van der Waals surface area contributed by atoms with E-state index in [0.29, 0.717) is 15.6 Å². The average Bonchev–Trinajstić information content (AvgIpc) is 3.53. The minimum absolute atomic E-state index is 0.00933. The Kier molecular flexibility index (Phi) is 0.528. The summed E-state index contributed by atoms with van der Waals surface area (Å²) in [7, 11) is 0. The normalized spacial score (nSPS) is 81.3. The van der Waals surface area contributed by atoms with Gasteiger partial charge in [0.05, 0.1) is 0 Å². The van der Waals surface area contributed by atoms with Gasteiger partial charge in [0.15, 0.2) is 0 Å². The number of aromatic hydroxyl groups is 1. The molecule has 0 bridgehead atoms. The molecule has 0 aliphatic carbocycles. The first kappa shape index (κ1) is 11.3. The van der Waals surface area contributed by atoms with Crippen molar-refractivity contribution in [3.8, 4) is 5.75 Å². The van der Waals surface area contributed by atoms with Crippen LogP contribution < -0.4 is 5.32 Å². The Bertz CT molecular complexity index is 1450. The molecule has 2 N–H and O–H groups in total. The molecule has 4 unspecified atom stereocenters. The van der Waals surface area contributed by atoms with Gasteiger partial charge in [-0.15, -0.1) is 0 Å². The van der Waals surface area contributed by atoms with Crippen molar-refractivity contribution >= 4 is 17.4 Å². The van der Waals surface area contributed by atoms with E-state index < -0.39 is 6.51 Å². The molecule has 10 fully saturated rings. The van der Waals surface area contributed by atoms with Crippen molar-refractivity contribution in [2.24, 2.45) is 0 Å². The van der Waals surface area contributed by atoms with Gasteiger partial charge in [0.2, 0.25) is 0 Å². The van der Waals surface area contributed by atoms with E-state index in [2.05, 4.69) is 11.9 Å². The van der Waals surface area contributed by atoms with Crippen LogP contribution in [0.25, 0.3) is 0 Å². The van der Waals surface area contributed by atoms with E-state index in [-0.39, 0.29) is 17.4 Å². The number of allylic oxidation sites excluding steroid dienone is 1. The van der Waals surface area contributed by atoms with Crippen LogP contribution in [0.5, 0.6) is 5.75 Å². The van der Waals surface area contributed by atoms with Crippen LogP contribution in [0, 0.1) is 0 Å². The number of phenolic OH excluding ortho intramolecular Hbond substituents is 1. The molecule has 10 heterocycles. The van der Waals surface area contributed by atoms with Gasteiger partial charge in [-0.05, 0) is 0 Å². The first-order valence-corrected chi connectivity index (χ1v) is 16.0. The van der Waals surface area contributed by atoms with Gasteiger partial charge >= 0.3 is 140 Å². The summed E-state index contributed by atoms with van der Waals surface area (Å²) in [6, 6.07) is 4.86. The van der Waals surface area contributed by atoms with Crippen molar-refractivity contribution in [1.29, 1.82) is 0 Å². The number of hydrogen-bond acceptors (Lipinski definition) is 3. The van der Waals surface area contributed by atoms with Gasteiger partial charge in [-0.1, -0.05) is 0 Å². The molecule has 10 aliphatic heterocycles. The zero-order valence-electron chi connectivity index (χ0n) is 14.3. The van der Waals surface area contributed by atoms with E-state index in [1.54, 1.807) is 12.1 Å². The molecular weight excluding hydrogens is 370 g/mol. The van der Waals surface area contributed by atoms with E-state index >= 15 is 0 Å². The van der Waals surface area contributed by atoms with Crippen LogP contribution in [0.2, 0.25) is 47.7 Å². The average molecular weight is 389 g/mol. The molecule has 5 heteroatoms. The van der Waals surface area contributed by atoms with E-state index in [4.69, 9.17) is 0 Å². The van der Waals surface area contributed by atoms with Crippen LogP contribution in [0.1, 0.15) is 17.3 Å². The van der Waals surface area contributed by atoms with Crippen LogP contribution >= 0.6 is 0 Å². The molecule has 1 amide bonds. The number of hydrogen-bond donors (Lipinski definition) is 2. The van der Waals surface area contributed by atoms with E-state index in [0.717, 1.165) is 48.9 Å². The minimum atomic E-state index is -3.39. The number of rotatable bonds is 4. The number of fused-ring (bicyclic) bond motifs is 10. The van der Waals surface area contributed by atoms with Crippen molar-refractivity contribution in [1.82, 2.24) is 0 Å². The summed E-state index contributed by atoms with van der Waals surface area (Å²) in [5.41, 5.74) is 1.81. The maximum absolute atomic E-state index is 13.4. The number of nitrogens with one attached hydrogen (secondary N) is 1. The zero-order valence-corrected chi connectivity index (χ0v) is 15.4. The first-order valence-electron chi connectivity index (χ1n) is 9.73. The van der Waals surface area contributed by atoms with E-state index in [1.165, 1.54) is 13.0 Å². The molecule has 0 radical (unpaired) electrons. The van der Waals surface area contributed by atoms with Crippen molar-refractivity contribution in [2.75, 3.05) is 5.32 Å². The topological polar surface area (TPSA) is 66.4 Å². The number of benzene rings is 1. The molecule has 134 valence electrons. The summed E-state index contributed by atoms with van der Waals surface area (Å²) in [4.78, 5) is 34.7. The summed E-state index contributed by atoms with van der Waals surface area (Å²) < 4.78 is 0.332. The van der Waals surface area contributed by atoms with Gasteiger partial charge in [-0.25, -0.2) is 0 Å². The molecule has 1 spiro atoms. The fraction of sp³-hybridized carbons (Fsp3) is 0.524. The molecular formula is C21H19FeNO3. The second kappa shape index (κ2) is 1.22. The van der Waals surface area contributed by atoms with E-state index in [9.17, 15) is 14.7 Å². The third-order valence-electron chi connectivity index (χ3n) is 17.0. The molecule has 11 rings (SSSR count). The molecule has 0 saturated carbocycles. The number of carbonyl (C=O) groups is 2. The Labute approximate surface area is 140 Å². The molecule has 10 saturated heterocycles. The molecule has 4 atom stereocenters. The summed E-state index contributed by atoms with van der Waals surface area (Å²) in [5, 5.41) is 13.1. The van der Waals surface area contributed by atoms with Gasteiger partial charge < -0.3 is 0 Å². The predicted molar refractivity (Wildman–Crippen MR) is 92.3 cm³/mol. The van der Waals surface area contributed by atoms with Crippen LogP contribution in [0.15, 0.2) is 30.4 Å². The van der Waals surface area contributed by atoms with Crippen molar-refractivity contribution < 1.29 is 21.2 Å². The number of anilines is 1. The number of amides is 1. The third kappa shape index (κ3) is 0.175.